The maximum absolute atomic E-state index is 13.6. The molecule has 0 fully saturated rings. The maximum atomic E-state index is 13.6. The van der Waals surface area contributed by atoms with Gasteiger partial charge in [0.15, 0.2) is 22.7 Å². The molecule has 6 rings (SSSR count). The average Bonchev–Trinajstić information content (AvgIpc) is 3.85. The topological polar surface area (TPSA) is 138 Å². The third kappa shape index (κ3) is 10.2. The van der Waals surface area contributed by atoms with Crippen LogP contribution in [0.4, 0.5) is 0 Å². The first-order valence-corrected chi connectivity index (χ1v) is 20.7. The highest BCUT2D eigenvalue weighted by molar-refractivity contribution is 6.11. The van der Waals surface area contributed by atoms with E-state index in [-0.39, 0.29) is 48.4 Å². The molecule has 0 radical (unpaired) electrons. The summed E-state index contributed by atoms with van der Waals surface area (Å²) in [5.74, 6) is 12.1. The van der Waals surface area contributed by atoms with Crippen LogP contribution in [-0.2, 0) is 33.5 Å². The van der Waals surface area contributed by atoms with E-state index >= 15 is 0 Å². The number of benzene rings is 4. The van der Waals surface area contributed by atoms with Crippen LogP contribution in [0, 0.1) is 23.7 Å². The minimum Gasteiger partial charge on any atom is -0.493 e. The van der Waals surface area contributed by atoms with Gasteiger partial charge >= 0.3 is 11.9 Å². The zero-order valence-electron chi connectivity index (χ0n) is 36.7. The van der Waals surface area contributed by atoms with Crippen molar-refractivity contribution in [1.82, 2.24) is 0 Å². The summed E-state index contributed by atoms with van der Waals surface area (Å²) >= 11 is 0. The van der Waals surface area contributed by atoms with E-state index in [2.05, 4.69) is 65.2 Å². The highest BCUT2D eigenvalue weighted by Gasteiger charge is 2.28. The lowest BCUT2D eigenvalue weighted by atomic mass is 9.86. The Morgan fingerprint density at radius 2 is 0.952 bits per heavy atom. The second kappa shape index (κ2) is 19.5. The largest absolute Gasteiger partial charge is 0.493 e. The van der Waals surface area contributed by atoms with Gasteiger partial charge in [0, 0.05) is 34.7 Å². The van der Waals surface area contributed by atoms with Gasteiger partial charge in [0.25, 0.3) is 0 Å². The van der Waals surface area contributed by atoms with Crippen LogP contribution in [0.5, 0.6) is 11.5 Å². The smallest absolute Gasteiger partial charge is 0.342 e. The lowest BCUT2D eigenvalue weighted by Gasteiger charge is -2.19. The van der Waals surface area contributed by atoms with Crippen LogP contribution in [0.15, 0.2) is 81.6 Å². The molecule has 2 heterocycles. The van der Waals surface area contributed by atoms with Crippen LogP contribution in [0.3, 0.4) is 0 Å². The van der Waals surface area contributed by atoms with Crippen molar-refractivity contribution in [2.45, 2.75) is 91.3 Å². The molecule has 10 nitrogen and oxygen atoms in total. The van der Waals surface area contributed by atoms with Crippen molar-refractivity contribution in [2.24, 2.45) is 0 Å². The minimum atomic E-state index is -0.550. The Bertz CT molecular complexity index is 2490. The molecule has 4 aromatic carbocycles. The fourth-order valence-corrected chi connectivity index (χ4v) is 7.00. The Morgan fingerprint density at radius 1 is 0.581 bits per heavy atom. The summed E-state index contributed by atoms with van der Waals surface area (Å²) in [7, 11) is 3.02. The Hall–Kier alpha value is -6.46. The van der Waals surface area contributed by atoms with E-state index in [9.17, 15) is 19.8 Å². The predicted molar refractivity (Wildman–Crippen MR) is 240 cm³/mol. The maximum Gasteiger partial charge on any atom is 0.342 e. The van der Waals surface area contributed by atoms with Crippen LogP contribution in [0.2, 0.25) is 0 Å². The van der Waals surface area contributed by atoms with Gasteiger partial charge in [-0.05, 0) is 82.0 Å². The molecule has 0 saturated carbocycles. The summed E-state index contributed by atoms with van der Waals surface area (Å²) in [4.78, 5) is 27.3. The summed E-state index contributed by atoms with van der Waals surface area (Å²) in [5.41, 5.74) is 6.08. The number of furan rings is 2. The molecule has 2 N–H and O–H groups in total. The third-order valence-corrected chi connectivity index (χ3v) is 10.5. The second-order valence-corrected chi connectivity index (χ2v) is 17.0. The monoisotopic (exact) mass is 838 g/mol. The molecular formula is C52H54O10. The standard InChI is InChI=1S/C52H54O10/c1-51(2,3)37-21-17-35(18-22-37)45-43(39-27-33(31-53)29-41(57-7)47(39)61-45)49(55)59-25-15-13-11-9-10-12-14-16-26-60-50(56)44-40-28-34(32-54)30-42(58-8)48(40)62-46(44)36-19-23-38(24-20-36)52(4,5)6/h17-24,27-30,53-54H,13-16,25-26,31-32H2,1-8H3. The number of hydrogen-bond donors (Lipinski definition) is 2. The third-order valence-electron chi connectivity index (χ3n) is 10.5. The van der Waals surface area contributed by atoms with Gasteiger partial charge in [0.2, 0.25) is 0 Å². The number of aliphatic hydroxyl groups excluding tert-OH is 2. The van der Waals surface area contributed by atoms with E-state index in [1.54, 1.807) is 24.3 Å². The number of hydrogen-bond acceptors (Lipinski definition) is 10. The summed E-state index contributed by atoms with van der Waals surface area (Å²) in [6, 6.07) is 22.6. The molecule has 0 aliphatic rings. The van der Waals surface area contributed by atoms with E-state index in [0.29, 0.717) is 92.9 Å². The van der Waals surface area contributed by atoms with Gasteiger partial charge in [-0.1, -0.05) is 102 Å². The first-order valence-electron chi connectivity index (χ1n) is 20.7. The molecule has 6 aromatic rings. The normalized spacial score (nSPS) is 11.5. The van der Waals surface area contributed by atoms with Crippen molar-refractivity contribution in [3.8, 4) is 57.8 Å². The molecule has 0 atom stereocenters. The van der Waals surface area contributed by atoms with E-state index < -0.39 is 11.9 Å². The van der Waals surface area contributed by atoms with Crippen LogP contribution < -0.4 is 9.47 Å². The van der Waals surface area contributed by atoms with Gasteiger partial charge in [-0.25, -0.2) is 9.59 Å². The summed E-state index contributed by atoms with van der Waals surface area (Å²) in [6.45, 7) is 12.6. The van der Waals surface area contributed by atoms with Crippen molar-refractivity contribution >= 4 is 33.9 Å². The Kier molecular flexibility index (Phi) is 14.2. The van der Waals surface area contributed by atoms with E-state index in [1.807, 2.05) is 48.5 Å². The van der Waals surface area contributed by atoms with Gasteiger partial charge in [-0.15, -0.1) is 0 Å². The van der Waals surface area contributed by atoms with Gasteiger partial charge in [-0.2, -0.15) is 0 Å². The molecule has 10 heteroatoms. The van der Waals surface area contributed by atoms with E-state index in [0.717, 1.165) is 11.1 Å². The van der Waals surface area contributed by atoms with Crippen LogP contribution in [0.25, 0.3) is 44.6 Å². The van der Waals surface area contributed by atoms with E-state index in [4.69, 9.17) is 27.8 Å². The average molecular weight is 839 g/mol. The second-order valence-electron chi connectivity index (χ2n) is 17.0. The molecule has 0 unspecified atom stereocenters. The van der Waals surface area contributed by atoms with Crippen molar-refractivity contribution < 1.29 is 47.6 Å². The minimum absolute atomic E-state index is 0.0498. The van der Waals surface area contributed by atoms with Gasteiger partial charge in [-0.3, -0.25) is 0 Å². The molecule has 0 bridgehead atoms. The SMILES string of the molecule is COc1cc(CO)cc2c(C(=O)OCCCC#CC#CCCCOC(=O)c3c(-c4ccc(C(C)(C)C)cc4)oc4c(OC)cc(CO)cc34)c(-c3ccc(C(C)(C)C)cc3)oc12. The lowest BCUT2D eigenvalue weighted by Crippen LogP contribution is -2.10. The van der Waals surface area contributed by atoms with Crippen molar-refractivity contribution in [2.75, 3.05) is 27.4 Å². The van der Waals surface area contributed by atoms with E-state index in [1.165, 1.54) is 14.2 Å². The number of ether oxygens (including phenoxy) is 4. The highest BCUT2D eigenvalue weighted by Crippen LogP contribution is 2.42. The number of unbranched alkanes of at least 4 members (excludes halogenated alkanes) is 2. The first kappa shape index (κ1) is 45.1. The van der Waals surface area contributed by atoms with Gasteiger partial charge < -0.3 is 38.0 Å². The van der Waals surface area contributed by atoms with Crippen LogP contribution >= 0.6 is 0 Å². The number of carbonyl (C=O) groups is 2. The molecule has 62 heavy (non-hydrogen) atoms. The predicted octanol–water partition coefficient (Wildman–Crippen LogP) is 10.7. The molecule has 0 aliphatic carbocycles. The van der Waals surface area contributed by atoms with Gasteiger partial charge in [0.05, 0.1) is 40.6 Å². The van der Waals surface area contributed by atoms with Crippen molar-refractivity contribution in [3.05, 3.63) is 106 Å². The number of carbonyl (C=O) groups excluding carboxylic acids is 2. The summed E-state index contributed by atoms with van der Waals surface area (Å²) in [5, 5.41) is 20.8. The molecule has 0 aliphatic heterocycles. The zero-order chi connectivity index (χ0) is 44.6. The number of fused-ring (bicyclic) bond motifs is 2. The molecule has 0 saturated heterocycles. The lowest BCUT2D eigenvalue weighted by molar-refractivity contribution is 0.0494. The number of rotatable bonds is 14. The highest BCUT2D eigenvalue weighted by atomic mass is 16.5. The Balaban J connectivity index is 1.04. The molecule has 0 amide bonds. The number of aliphatic hydroxyl groups is 2. The Morgan fingerprint density at radius 3 is 1.27 bits per heavy atom. The van der Waals surface area contributed by atoms with Crippen molar-refractivity contribution in [1.29, 1.82) is 0 Å². The molecular weight excluding hydrogens is 785 g/mol. The van der Waals surface area contributed by atoms with Gasteiger partial charge in [0.1, 0.15) is 22.6 Å². The number of methoxy groups -OCH3 is 2. The quantitative estimate of drug-likeness (QED) is 0.0619. The fraction of sp³-hybridized carbons (Fsp3) is 0.346. The first-order chi connectivity index (χ1) is 29.7. The molecule has 322 valence electrons. The fourth-order valence-electron chi connectivity index (χ4n) is 7.00. The van der Waals surface area contributed by atoms with Crippen molar-refractivity contribution in [3.63, 3.8) is 0 Å². The van der Waals surface area contributed by atoms with Crippen LogP contribution in [-0.4, -0.2) is 49.6 Å². The summed E-state index contributed by atoms with van der Waals surface area (Å²) in [6.07, 6.45) is 1.89. The molecule has 2 aromatic heterocycles. The van der Waals surface area contributed by atoms with Crippen LogP contribution in [0.1, 0.15) is 110 Å². The zero-order valence-corrected chi connectivity index (χ0v) is 36.7. The Labute approximate surface area is 363 Å². The number of esters is 2. The summed E-state index contributed by atoms with van der Waals surface area (Å²) < 4.78 is 35.1. The molecule has 0 spiro atoms.